The number of hydrogen-bond acceptors (Lipinski definition) is 3. The summed E-state index contributed by atoms with van der Waals surface area (Å²) >= 11 is 6.06. The van der Waals surface area contributed by atoms with Crippen LogP contribution in [0.25, 0.3) is 0 Å². The fraction of sp³-hybridized carbons (Fsp3) is 0.368. The number of methoxy groups -OCH3 is 1. The summed E-state index contributed by atoms with van der Waals surface area (Å²) in [5.41, 5.74) is 2.18. The van der Waals surface area contributed by atoms with E-state index in [4.69, 9.17) is 25.8 Å². The Morgan fingerprint density at radius 3 is 2.52 bits per heavy atom. The zero-order chi connectivity index (χ0) is 15.9. The van der Waals surface area contributed by atoms with Crippen molar-refractivity contribution in [3.8, 4) is 0 Å². The van der Waals surface area contributed by atoms with Crippen molar-refractivity contribution in [1.29, 1.82) is 0 Å². The second-order valence-electron chi connectivity index (χ2n) is 6.08. The highest BCUT2D eigenvalue weighted by molar-refractivity contribution is 6.30. The second kappa shape index (κ2) is 5.91. The molecule has 0 amide bonds. The molecule has 2 heterocycles. The van der Waals surface area contributed by atoms with E-state index in [0.29, 0.717) is 0 Å². The SMILES string of the molecule is CO[C@@]1(c2ccccc2)O[C@H]2OCCC2[C@H]1c1ccc(Cl)cc1. The average molecular weight is 331 g/mol. The molecule has 0 spiro atoms. The molecule has 2 aromatic carbocycles. The molecule has 4 rings (SSSR count). The van der Waals surface area contributed by atoms with Crippen LogP contribution in [0.5, 0.6) is 0 Å². The predicted octanol–water partition coefficient (Wildman–Crippen LogP) is 4.32. The molecule has 0 bridgehead atoms. The standard InChI is InChI=1S/C19H19ClO3/c1-21-19(14-5-3-2-4-6-14)17(13-7-9-15(20)10-8-13)16-11-12-22-18(16)23-19/h2-10,16-18H,11-12H2,1H3/t16?,17-,18-,19+/m1/s1. The summed E-state index contributed by atoms with van der Waals surface area (Å²) in [4.78, 5) is 0. The van der Waals surface area contributed by atoms with Crippen molar-refractivity contribution < 1.29 is 14.2 Å². The van der Waals surface area contributed by atoms with Gasteiger partial charge in [-0.25, -0.2) is 0 Å². The van der Waals surface area contributed by atoms with Crippen LogP contribution in [-0.2, 0) is 20.0 Å². The van der Waals surface area contributed by atoms with Gasteiger partial charge in [-0.15, -0.1) is 0 Å². The van der Waals surface area contributed by atoms with Gasteiger partial charge in [0.1, 0.15) is 0 Å². The lowest BCUT2D eigenvalue weighted by atomic mass is 9.78. The minimum atomic E-state index is -0.829. The van der Waals surface area contributed by atoms with Gasteiger partial charge >= 0.3 is 0 Å². The zero-order valence-electron chi connectivity index (χ0n) is 12.9. The van der Waals surface area contributed by atoms with Crippen LogP contribution in [0, 0.1) is 5.92 Å². The first kappa shape index (κ1) is 15.2. The molecule has 0 radical (unpaired) electrons. The van der Waals surface area contributed by atoms with Crippen molar-refractivity contribution in [1.82, 2.24) is 0 Å². The first-order chi connectivity index (χ1) is 11.2. The van der Waals surface area contributed by atoms with Crippen LogP contribution >= 0.6 is 11.6 Å². The van der Waals surface area contributed by atoms with Gasteiger partial charge in [-0.2, -0.15) is 0 Å². The number of rotatable bonds is 3. The third-order valence-corrected chi connectivity index (χ3v) is 5.17. The molecule has 4 heteroatoms. The quantitative estimate of drug-likeness (QED) is 0.839. The lowest BCUT2D eigenvalue weighted by molar-refractivity contribution is -0.270. The number of benzene rings is 2. The molecule has 0 aromatic heterocycles. The van der Waals surface area contributed by atoms with Gasteiger partial charge in [-0.1, -0.05) is 54.1 Å². The maximum atomic E-state index is 6.33. The van der Waals surface area contributed by atoms with E-state index in [2.05, 4.69) is 12.1 Å². The van der Waals surface area contributed by atoms with Crippen LogP contribution in [0.15, 0.2) is 54.6 Å². The molecule has 2 fully saturated rings. The fourth-order valence-corrected chi connectivity index (χ4v) is 4.03. The van der Waals surface area contributed by atoms with Gasteiger partial charge in [0.25, 0.3) is 0 Å². The first-order valence-electron chi connectivity index (χ1n) is 7.90. The van der Waals surface area contributed by atoms with Crippen molar-refractivity contribution in [3.05, 3.63) is 70.7 Å². The van der Waals surface area contributed by atoms with E-state index in [1.54, 1.807) is 7.11 Å². The van der Waals surface area contributed by atoms with E-state index in [-0.39, 0.29) is 18.1 Å². The molecule has 4 atom stereocenters. The topological polar surface area (TPSA) is 27.7 Å². The largest absolute Gasteiger partial charge is 0.352 e. The Kier molecular flexibility index (Phi) is 3.90. The van der Waals surface area contributed by atoms with Gasteiger partial charge in [0.2, 0.25) is 5.79 Å². The van der Waals surface area contributed by atoms with Crippen LogP contribution in [0.2, 0.25) is 5.02 Å². The molecule has 120 valence electrons. The van der Waals surface area contributed by atoms with Gasteiger partial charge in [0.05, 0.1) is 12.5 Å². The van der Waals surface area contributed by atoms with Crippen LogP contribution in [0.3, 0.4) is 0 Å². The lowest BCUT2D eigenvalue weighted by Gasteiger charge is -2.35. The number of ether oxygens (including phenoxy) is 3. The smallest absolute Gasteiger partial charge is 0.204 e. The maximum absolute atomic E-state index is 6.33. The highest BCUT2D eigenvalue weighted by atomic mass is 35.5. The van der Waals surface area contributed by atoms with Gasteiger partial charge in [0.15, 0.2) is 6.29 Å². The minimum Gasteiger partial charge on any atom is -0.352 e. The Morgan fingerprint density at radius 2 is 1.83 bits per heavy atom. The van der Waals surface area contributed by atoms with Gasteiger partial charge in [-0.3, -0.25) is 0 Å². The number of hydrogen-bond donors (Lipinski definition) is 0. The molecule has 2 saturated heterocycles. The van der Waals surface area contributed by atoms with Crippen LogP contribution < -0.4 is 0 Å². The molecular formula is C19H19ClO3. The predicted molar refractivity (Wildman–Crippen MR) is 88.3 cm³/mol. The fourth-order valence-electron chi connectivity index (χ4n) is 3.90. The van der Waals surface area contributed by atoms with Crippen LogP contribution in [0.4, 0.5) is 0 Å². The Labute approximate surface area is 141 Å². The second-order valence-corrected chi connectivity index (χ2v) is 6.51. The van der Waals surface area contributed by atoms with Gasteiger partial charge in [0, 0.05) is 23.6 Å². The monoisotopic (exact) mass is 330 g/mol. The van der Waals surface area contributed by atoms with E-state index < -0.39 is 5.79 Å². The van der Waals surface area contributed by atoms with Crippen molar-refractivity contribution in [3.63, 3.8) is 0 Å². The van der Waals surface area contributed by atoms with E-state index in [0.717, 1.165) is 29.2 Å². The molecule has 2 aromatic rings. The third kappa shape index (κ3) is 2.39. The minimum absolute atomic E-state index is 0.0691. The van der Waals surface area contributed by atoms with E-state index in [1.165, 1.54) is 0 Å². The Morgan fingerprint density at radius 1 is 1.09 bits per heavy atom. The summed E-state index contributed by atoms with van der Waals surface area (Å²) in [6.07, 6.45) is 0.742. The molecule has 3 nitrogen and oxygen atoms in total. The first-order valence-corrected chi connectivity index (χ1v) is 8.28. The van der Waals surface area contributed by atoms with Crippen LogP contribution in [0.1, 0.15) is 23.5 Å². The van der Waals surface area contributed by atoms with Crippen molar-refractivity contribution >= 4 is 11.6 Å². The van der Waals surface area contributed by atoms with Crippen molar-refractivity contribution in [2.75, 3.05) is 13.7 Å². The zero-order valence-corrected chi connectivity index (χ0v) is 13.7. The molecular weight excluding hydrogens is 312 g/mol. The molecule has 2 aliphatic rings. The Hall–Kier alpha value is -1.39. The highest BCUT2D eigenvalue weighted by Gasteiger charge is 2.59. The molecule has 2 aliphatic heterocycles. The third-order valence-electron chi connectivity index (χ3n) is 4.92. The summed E-state index contributed by atoms with van der Waals surface area (Å²) < 4.78 is 18.1. The van der Waals surface area contributed by atoms with Crippen molar-refractivity contribution in [2.45, 2.75) is 24.4 Å². The number of fused-ring (bicyclic) bond motifs is 1. The molecule has 23 heavy (non-hydrogen) atoms. The normalized spacial score (nSPS) is 32.9. The summed E-state index contributed by atoms with van der Waals surface area (Å²) in [7, 11) is 1.71. The van der Waals surface area contributed by atoms with Gasteiger partial charge in [-0.05, 0) is 24.1 Å². The molecule has 1 unspecified atom stereocenters. The highest BCUT2D eigenvalue weighted by Crippen LogP contribution is 2.56. The molecule has 0 aliphatic carbocycles. The van der Waals surface area contributed by atoms with E-state index >= 15 is 0 Å². The summed E-state index contributed by atoms with van der Waals surface area (Å²) in [6, 6.07) is 18.1. The van der Waals surface area contributed by atoms with E-state index in [1.807, 2.05) is 42.5 Å². The van der Waals surface area contributed by atoms with Gasteiger partial charge < -0.3 is 14.2 Å². The summed E-state index contributed by atoms with van der Waals surface area (Å²) in [5, 5.41) is 0.731. The maximum Gasteiger partial charge on any atom is 0.204 e. The molecule has 0 N–H and O–H groups in total. The molecule has 0 saturated carbocycles. The lowest BCUT2D eigenvalue weighted by Crippen LogP contribution is -2.35. The summed E-state index contributed by atoms with van der Waals surface area (Å²) in [5.74, 6) is -0.485. The number of halogens is 1. The summed E-state index contributed by atoms with van der Waals surface area (Å²) in [6.45, 7) is 0.730. The van der Waals surface area contributed by atoms with E-state index in [9.17, 15) is 0 Å². The Bertz CT molecular complexity index is 673. The van der Waals surface area contributed by atoms with Crippen LogP contribution in [-0.4, -0.2) is 20.0 Å². The Balaban J connectivity index is 1.84. The van der Waals surface area contributed by atoms with Crippen molar-refractivity contribution in [2.24, 2.45) is 5.92 Å². The average Bonchev–Trinajstić information content (AvgIpc) is 3.15.